The molecule has 5 nitrogen and oxygen atoms in total. The van der Waals surface area contributed by atoms with Crippen LogP contribution in [0.25, 0.3) is 11.1 Å². The van der Waals surface area contributed by atoms with Gasteiger partial charge in [0.1, 0.15) is 12.4 Å². The molecule has 0 spiro atoms. The van der Waals surface area contributed by atoms with Gasteiger partial charge >= 0.3 is 0 Å². The van der Waals surface area contributed by atoms with E-state index in [1.165, 1.54) is 13.2 Å². The van der Waals surface area contributed by atoms with Crippen LogP contribution in [-0.4, -0.2) is 47.8 Å². The molecule has 0 saturated carbocycles. The van der Waals surface area contributed by atoms with Crippen molar-refractivity contribution in [1.82, 2.24) is 15.1 Å². The van der Waals surface area contributed by atoms with Gasteiger partial charge < -0.3 is 9.64 Å². The number of ether oxygens (including phenoxy) is 1. The van der Waals surface area contributed by atoms with Gasteiger partial charge in [0.05, 0.1) is 6.20 Å². The van der Waals surface area contributed by atoms with Crippen LogP contribution in [0.4, 0.5) is 4.39 Å². The highest BCUT2D eigenvalue weighted by molar-refractivity contribution is 5.77. The number of rotatable bonds is 4. The largest absolute Gasteiger partial charge is 0.375 e. The van der Waals surface area contributed by atoms with E-state index in [1.807, 2.05) is 11.0 Å². The fraction of sp³-hybridized carbons (Fsp3) is 0.412. The SMILES string of the molecule is COCC(=O)N1CCCC(c2[nH]ncc2-c2ccccc2F)C1. The van der Waals surface area contributed by atoms with Crippen molar-refractivity contribution >= 4 is 5.91 Å². The lowest BCUT2D eigenvalue weighted by atomic mass is 9.90. The van der Waals surface area contributed by atoms with Gasteiger partial charge in [-0.2, -0.15) is 5.10 Å². The zero-order chi connectivity index (χ0) is 16.2. The van der Waals surface area contributed by atoms with Crippen molar-refractivity contribution in [1.29, 1.82) is 0 Å². The zero-order valence-corrected chi connectivity index (χ0v) is 13.1. The first kappa shape index (κ1) is 15.7. The van der Waals surface area contributed by atoms with E-state index in [0.717, 1.165) is 30.6 Å². The summed E-state index contributed by atoms with van der Waals surface area (Å²) in [6.45, 7) is 1.43. The number of carbonyl (C=O) groups is 1. The third-order valence-electron chi connectivity index (χ3n) is 4.28. The van der Waals surface area contributed by atoms with E-state index in [9.17, 15) is 9.18 Å². The maximum atomic E-state index is 14.1. The summed E-state index contributed by atoms with van der Waals surface area (Å²) < 4.78 is 19.0. The van der Waals surface area contributed by atoms with Crippen LogP contribution in [-0.2, 0) is 9.53 Å². The topological polar surface area (TPSA) is 58.2 Å². The Morgan fingerprint density at radius 3 is 3.04 bits per heavy atom. The first-order valence-corrected chi connectivity index (χ1v) is 7.75. The smallest absolute Gasteiger partial charge is 0.248 e. The molecule has 122 valence electrons. The summed E-state index contributed by atoms with van der Waals surface area (Å²) in [7, 11) is 1.52. The standard InChI is InChI=1S/C17H20FN3O2/c1-23-11-16(22)21-8-4-5-12(10-21)17-14(9-19-20-17)13-6-2-3-7-15(13)18/h2-3,6-7,9,12H,4-5,8,10-11H2,1H3,(H,19,20). The van der Waals surface area contributed by atoms with Crippen LogP contribution in [0.3, 0.4) is 0 Å². The number of hydrogen-bond donors (Lipinski definition) is 1. The molecular formula is C17H20FN3O2. The molecule has 1 aliphatic heterocycles. The van der Waals surface area contributed by atoms with Gasteiger partial charge in [0, 0.05) is 42.9 Å². The summed E-state index contributed by atoms with van der Waals surface area (Å²) in [4.78, 5) is 13.8. The quantitative estimate of drug-likeness (QED) is 0.943. The molecule has 1 fully saturated rings. The van der Waals surface area contributed by atoms with Crippen molar-refractivity contribution in [3.8, 4) is 11.1 Å². The lowest BCUT2D eigenvalue weighted by molar-refractivity contribution is -0.136. The Hall–Kier alpha value is -2.21. The molecule has 1 saturated heterocycles. The summed E-state index contributed by atoms with van der Waals surface area (Å²) in [5.74, 6) is -0.149. The predicted molar refractivity (Wildman–Crippen MR) is 84.4 cm³/mol. The zero-order valence-electron chi connectivity index (χ0n) is 13.1. The summed E-state index contributed by atoms with van der Waals surface area (Å²) in [6, 6.07) is 6.68. The Morgan fingerprint density at radius 2 is 2.26 bits per heavy atom. The number of aromatic nitrogens is 2. The molecule has 2 aromatic rings. The monoisotopic (exact) mass is 317 g/mol. The third-order valence-corrected chi connectivity index (χ3v) is 4.28. The van der Waals surface area contributed by atoms with E-state index in [2.05, 4.69) is 10.2 Å². The van der Waals surface area contributed by atoms with Gasteiger partial charge in [0.25, 0.3) is 0 Å². The maximum absolute atomic E-state index is 14.1. The van der Waals surface area contributed by atoms with Crippen LogP contribution in [0.1, 0.15) is 24.5 Å². The minimum absolute atomic E-state index is 0.0100. The summed E-state index contributed by atoms with van der Waals surface area (Å²) in [5.41, 5.74) is 2.20. The van der Waals surface area contributed by atoms with Gasteiger partial charge in [0.15, 0.2) is 0 Å². The van der Waals surface area contributed by atoms with Gasteiger partial charge in [-0.3, -0.25) is 9.89 Å². The van der Waals surface area contributed by atoms with E-state index in [0.29, 0.717) is 12.1 Å². The lowest BCUT2D eigenvalue weighted by Gasteiger charge is -2.32. The number of piperidine rings is 1. The number of nitrogens with zero attached hydrogens (tertiary/aromatic N) is 2. The molecule has 23 heavy (non-hydrogen) atoms. The van der Waals surface area contributed by atoms with E-state index in [-0.39, 0.29) is 24.2 Å². The number of methoxy groups -OCH3 is 1. The minimum atomic E-state index is -0.265. The van der Waals surface area contributed by atoms with Crippen LogP contribution in [0.5, 0.6) is 0 Å². The second-order valence-corrected chi connectivity index (χ2v) is 5.79. The number of H-pyrrole nitrogens is 1. The number of benzene rings is 1. The first-order chi connectivity index (χ1) is 11.2. The molecule has 1 aliphatic rings. The molecule has 6 heteroatoms. The molecular weight excluding hydrogens is 297 g/mol. The summed E-state index contributed by atoms with van der Waals surface area (Å²) in [5, 5.41) is 7.11. The van der Waals surface area contributed by atoms with E-state index in [1.54, 1.807) is 18.3 Å². The Balaban J connectivity index is 1.84. The summed E-state index contributed by atoms with van der Waals surface area (Å²) in [6.07, 6.45) is 3.51. The molecule has 3 rings (SSSR count). The number of amides is 1. The third kappa shape index (κ3) is 3.27. The van der Waals surface area contributed by atoms with E-state index in [4.69, 9.17) is 4.74 Å². The highest BCUT2D eigenvalue weighted by Crippen LogP contribution is 2.34. The average molecular weight is 317 g/mol. The molecule has 1 aromatic carbocycles. The Labute approximate surface area is 134 Å². The normalized spacial score (nSPS) is 18.2. The van der Waals surface area contributed by atoms with Crippen molar-refractivity contribution in [3.63, 3.8) is 0 Å². The van der Waals surface area contributed by atoms with Crippen molar-refractivity contribution in [2.75, 3.05) is 26.8 Å². The van der Waals surface area contributed by atoms with Crippen LogP contribution < -0.4 is 0 Å². The molecule has 1 atom stereocenters. The second-order valence-electron chi connectivity index (χ2n) is 5.79. The van der Waals surface area contributed by atoms with Gasteiger partial charge in [0.2, 0.25) is 5.91 Å². The fourth-order valence-electron chi connectivity index (χ4n) is 3.16. The molecule has 1 N–H and O–H groups in total. The Morgan fingerprint density at radius 1 is 1.43 bits per heavy atom. The highest BCUT2D eigenvalue weighted by Gasteiger charge is 2.28. The number of carbonyl (C=O) groups excluding carboxylic acids is 1. The molecule has 0 radical (unpaired) electrons. The average Bonchev–Trinajstić information content (AvgIpc) is 3.05. The minimum Gasteiger partial charge on any atom is -0.375 e. The fourth-order valence-corrected chi connectivity index (χ4v) is 3.16. The Bertz CT molecular complexity index is 686. The molecule has 0 aliphatic carbocycles. The molecule has 1 amide bonds. The number of nitrogens with one attached hydrogen (secondary N) is 1. The van der Waals surface area contributed by atoms with E-state index >= 15 is 0 Å². The number of halogens is 1. The van der Waals surface area contributed by atoms with Crippen molar-refractivity contribution in [3.05, 3.63) is 42.0 Å². The maximum Gasteiger partial charge on any atom is 0.248 e. The van der Waals surface area contributed by atoms with Crippen LogP contribution in [0.15, 0.2) is 30.5 Å². The Kier molecular flexibility index (Phi) is 4.71. The number of aromatic amines is 1. The molecule has 2 heterocycles. The van der Waals surface area contributed by atoms with Crippen LogP contribution in [0, 0.1) is 5.82 Å². The van der Waals surface area contributed by atoms with Gasteiger partial charge in [-0.1, -0.05) is 18.2 Å². The number of hydrogen-bond acceptors (Lipinski definition) is 3. The first-order valence-electron chi connectivity index (χ1n) is 7.75. The molecule has 1 aromatic heterocycles. The predicted octanol–water partition coefficient (Wildman–Crippen LogP) is 2.57. The summed E-state index contributed by atoms with van der Waals surface area (Å²) >= 11 is 0. The lowest BCUT2D eigenvalue weighted by Crippen LogP contribution is -2.41. The van der Waals surface area contributed by atoms with Gasteiger partial charge in [-0.15, -0.1) is 0 Å². The van der Waals surface area contributed by atoms with Crippen LogP contribution >= 0.6 is 0 Å². The van der Waals surface area contributed by atoms with Crippen molar-refractivity contribution in [2.24, 2.45) is 0 Å². The van der Waals surface area contributed by atoms with Crippen molar-refractivity contribution < 1.29 is 13.9 Å². The van der Waals surface area contributed by atoms with Gasteiger partial charge in [-0.25, -0.2) is 4.39 Å². The number of likely N-dealkylation sites (tertiary alicyclic amines) is 1. The molecule has 0 bridgehead atoms. The van der Waals surface area contributed by atoms with E-state index < -0.39 is 0 Å². The highest BCUT2D eigenvalue weighted by atomic mass is 19.1. The van der Waals surface area contributed by atoms with Crippen LogP contribution in [0.2, 0.25) is 0 Å². The van der Waals surface area contributed by atoms with Gasteiger partial charge in [-0.05, 0) is 18.9 Å². The molecule has 1 unspecified atom stereocenters. The van der Waals surface area contributed by atoms with Crippen molar-refractivity contribution in [2.45, 2.75) is 18.8 Å². The second kappa shape index (κ2) is 6.91.